The zero-order valence-electron chi connectivity index (χ0n) is 17.2. The maximum atomic E-state index is 12.2. The molecular formula is C19H18N8O5S. The zero-order valence-corrected chi connectivity index (χ0v) is 18.0. The van der Waals surface area contributed by atoms with Gasteiger partial charge in [0.1, 0.15) is 0 Å². The molecule has 14 heteroatoms. The van der Waals surface area contributed by atoms with Gasteiger partial charge in [-0.15, -0.1) is 10.2 Å². The molecule has 0 fully saturated rings. The highest BCUT2D eigenvalue weighted by Crippen LogP contribution is 2.32. The van der Waals surface area contributed by atoms with Gasteiger partial charge < -0.3 is 20.6 Å². The molecule has 1 aromatic heterocycles. The Morgan fingerprint density at radius 2 is 2.00 bits per heavy atom. The maximum absolute atomic E-state index is 12.2. The molecule has 0 spiro atoms. The summed E-state index contributed by atoms with van der Waals surface area (Å²) < 4.78 is 11.8. The molecule has 170 valence electrons. The number of benzene rings is 2. The molecule has 2 heterocycles. The van der Waals surface area contributed by atoms with Crippen LogP contribution in [-0.4, -0.2) is 44.0 Å². The minimum atomic E-state index is -0.512. The van der Waals surface area contributed by atoms with Crippen LogP contribution in [0.25, 0.3) is 0 Å². The number of amides is 1. The molecule has 2 aromatic carbocycles. The minimum Gasteiger partial charge on any atom is -0.454 e. The highest BCUT2D eigenvalue weighted by molar-refractivity contribution is 7.99. The number of nitrogens with zero attached hydrogens (tertiary/aromatic N) is 5. The van der Waals surface area contributed by atoms with Crippen LogP contribution in [0.15, 0.2) is 52.7 Å². The minimum absolute atomic E-state index is 0.00577. The van der Waals surface area contributed by atoms with Gasteiger partial charge in [-0.05, 0) is 37.3 Å². The summed E-state index contributed by atoms with van der Waals surface area (Å²) in [4.78, 5) is 22.3. The van der Waals surface area contributed by atoms with E-state index in [9.17, 15) is 14.9 Å². The van der Waals surface area contributed by atoms with Gasteiger partial charge in [0.15, 0.2) is 11.5 Å². The average Bonchev–Trinajstić information content (AvgIpc) is 3.42. The Hall–Kier alpha value is -4.33. The maximum Gasteiger partial charge on any atom is 0.269 e. The Morgan fingerprint density at radius 1 is 1.24 bits per heavy atom. The highest BCUT2D eigenvalue weighted by atomic mass is 32.2. The van der Waals surface area contributed by atoms with Gasteiger partial charge in [-0.2, -0.15) is 5.10 Å². The predicted molar refractivity (Wildman–Crippen MR) is 121 cm³/mol. The lowest BCUT2D eigenvalue weighted by molar-refractivity contribution is -0.384. The molecule has 1 aliphatic rings. The van der Waals surface area contributed by atoms with Crippen molar-refractivity contribution in [2.24, 2.45) is 5.10 Å². The van der Waals surface area contributed by atoms with Crippen LogP contribution in [0.1, 0.15) is 12.5 Å². The fraction of sp³-hybridized carbons (Fsp3) is 0.158. The topological polar surface area (TPSA) is 172 Å². The second-order valence-electron chi connectivity index (χ2n) is 6.69. The van der Waals surface area contributed by atoms with Crippen molar-refractivity contribution in [2.45, 2.75) is 12.1 Å². The first kappa shape index (κ1) is 21.9. The molecule has 4 rings (SSSR count). The van der Waals surface area contributed by atoms with Crippen LogP contribution in [0.5, 0.6) is 11.5 Å². The van der Waals surface area contributed by atoms with Crippen LogP contribution in [0.4, 0.5) is 17.3 Å². The van der Waals surface area contributed by atoms with Gasteiger partial charge in [0.25, 0.3) is 11.6 Å². The van der Waals surface area contributed by atoms with E-state index in [4.69, 9.17) is 15.3 Å². The number of nitrogens with two attached hydrogens (primary N) is 1. The second-order valence-corrected chi connectivity index (χ2v) is 7.64. The van der Waals surface area contributed by atoms with E-state index in [1.54, 1.807) is 13.0 Å². The van der Waals surface area contributed by atoms with Crippen LogP contribution >= 0.6 is 11.8 Å². The zero-order chi connectivity index (χ0) is 23.4. The summed E-state index contributed by atoms with van der Waals surface area (Å²) in [6.45, 7) is 2.00. The van der Waals surface area contributed by atoms with Gasteiger partial charge in [0, 0.05) is 23.4 Å². The molecule has 0 radical (unpaired) electrons. The van der Waals surface area contributed by atoms with Gasteiger partial charge >= 0.3 is 0 Å². The highest BCUT2D eigenvalue weighted by Gasteiger charge is 2.15. The third-order valence-corrected chi connectivity index (χ3v) is 5.42. The Morgan fingerprint density at radius 3 is 2.76 bits per heavy atom. The van der Waals surface area contributed by atoms with E-state index in [2.05, 4.69) is 26.0 Å². The molecule has 0 unspecified atom stereocenters. The first-order valence-electron chi connectivity index (χ1n) is 9.48. The molecule has 4 N–H and O–H groups in total. The largest absolute Gasteiger partial charge is 0.454 e. The van der Waals surface area contributed by atoms with Crippen LogP contribution in [-0.2, 0) is 4.79 Å². The van der Waals surface area contributed by atoms with Crippen molar-refractivity contribution < 1.29 is 19.2 Å². The van der Waals surface area contributed by atoms with Crippen molar-refractivity contribution in [3.63, 3.8) is 0 Å². The first-order chi connectivity index (χ1) is 15.9. The predicted octanol–water partition coefficient (Wildman–Crippen LogP) is 2.20. The van der Waals surface area contributed by atoms with E-state index in [1.165, 1.54) is 28.9 Å². The summed E-state index contributed by atoms with van der Waals surface area (Å²) in [5, 5.41) is 25.8. The van der Waals surface area contributed by atoms with E-state index in [0.29, 0.717) is 28.1 Å². The van der Waals surface area contributed by atoms with Crippen LogP contribution in [0, 0.1) is 10.1 Å². The molecular weight excluding hydrogens is 452 g/mol. The Labute approximate surface area is 191 Å². The van der Waals surface area contributed by atoms with Crippen LogP contribution in [0.3, 0.4) is 0 Å². The van der Waals surface area contributed by atoms with Crippen molar-refractivity contribution in [1.82, 2.24) is 14.9 Å². The number of hydrogen-bond acceptors (Lipinski definition) is 11. The van der Waals surface area contributed by atoms with E-state index in [0.717, 1.165) is 17.3 Å². The number of thioether (sulfide) groups is 1. The summed E-state index contributed by atoms with van der Waals surface area (Å²) in [5.41, 5.74) is 4.62. The van der Waals surface area contributed by atoms with E-state index in [-0.39, 0.29) is 30.1 Å². The smallest absolute Gasteiger partial charge is 0.269 e. The summed E-state index contributed by atoms with van der Waals surface area (Å²) in [7, 11) is 0. The summed E-state index contributed by atoms with van der Waals surface area (Å²) in [6.07, 6.45) is 0. The quantitative estimate of drug-likeness (QED) is 0.146. The summed E-state index contributed by atoms with van der Waals surface area (Å²) in [5.74, 6) is 7.19. The number of ether oxygens (including phenoxy) is 2. The number of aromatic nitrogens is 3. The second kappa shape index (κ2) is 9.44. The number of nitro benzene ring substituents is 1. The summed E-state index contributed by atoms with van der Waals surface area (Å²) in [6, 6.07) is 11.0. The van der Waals surface area contributed by atoms with Crippen molar-refractivity contribution >= 4 is 40.7 Å². The number of hydrogen-bond donors (Lipinski definition) is 3. The van der Waals surface area contributed by atoms with Crippen molar-refractivity contribution in [3.05, 3.63) is 58.1 Å². The van der Waals surface area contributed by atoms with Gasteiger partial charge in [-0.1, -0.05) is 11.8 Å². The van der Waals surface area contributed by atoms with Crippen LogP contribution in [0.2, 0.25) is 0 Å². The van der Waals surface area contributed by atoms with E-state index in [1.807, 2.05) is 12.1 Å². The third kappa shape index (κ3) is 5.12. The average molecular weight is 470 g/mol. The lowest BCUT2D eigenvalue weighted by atomic mass is 10.1. The van der Waals surface area contributed by atoms with Gasteiger partial charge in [-0.3, -0.25) is 14.9 Å². The van der Waals surface area contributed by atoms with Gasteiger partial charge in [0.2, 0.25) is 17.9 Å². The first-order valence-corrected chi connectivity index (χ1v) is 10.5. The SMILES string of the molecule is C/C(=N\Nc1nnc(SCC(=O)Nc2ccc([N+](=O)[O-])cc2)n1N)c1ccc2c(c1)OCO2. The number of nitrogen functional groups attached to an aromatic ring is 1. The molecule has 0 atom stereocenters. The molecule has 0 aliphatic carbocycles. The standard InChI is InChI=1S/C19H18N8O5S/c1-11(12-2-7-15-16(8-12)32-10-31-15)22-23-18-24-25-19(26(18)20)33-9-17(28)21-13-3-5-14(6-4-13)27(29)30/h2-8H,9-10,20H2,1H3,(H,21,28)(H,23,24)/b22-11+. The van der Waals surface area contributed by atoms with Gasteiger partial charge in [-0.25, -0.2) is 10.1 Å². The molecule has 0 bridgehead atoms. The number of carbonyl (C=O) groups excluding carboxylic acids is 1. The van der Waals surface area contributed by atoms with E-state index < -0.39 is 4.92 Å². The number of nitrogens with one attached hydrogen (secondary N) is 2. The number of anilines is 2. The Kier molecular flexibility index (Phi) is 6.26. The number of rotatable bonds is 8. The molecule has 13 nitrogen and oxygen atoms in total. The lowest BCUT2D eigenvalue weighted by Gasteiger charge is -2.06. The monoisotopic (exact) mass is 470 g/mol. The molecule has 3 aromatic rings. The van der Waals surface area contributed by atoms with Crippen LogP contribution < -0.4 is 26.1 Å². The van der Waals surface area contributed by atoms with E-state index >= 15 is 0 Å². The van der Waals surface area contributed by atoms with Gasteiger partial charge in [0.05, 0.1) is 16.4 Å². The fourth-order valence-electron chi connectivity index (χ4n) is 2.77. The lowest BCUT2D eigenvalue weighted by Crippen LogP contribution is -2.17. The van der Waals surface area contributed by atoms with Crippen molar-refractivity contribution in [1.29, 1.82) is 0 Å². The summed E-state index contributed by atoms with van der Waals surface area (Å²) >= 11 is 1.07. The third-order valence-electron chi connectivity index (χ3n) is 4.47. The number of carbonyl (C=O) groups is 1. The molecule has 33 heavy (non-hydrogen) atoms. The Bertz CT molecular complexity index is 1230. The molecule has 1 aliphatic heterocycles. The number of hydrazone groups is 1. The number of nitro groups is 1. The number of fused-ring (bicyclic) bond motifs is 1. The molecule has 0 saturated heterocycles. The van der Waals surface area contributed by atoms with Crippen molar-refractivity contribution in [2.75, 3.05) is 29.1 Å². The Balaban J connectivity index is 1.32. The molecule has 0 saturated carbocycles. The molecule has 1 amide bonds. The fourth-order valence-corrected chi connectivity index (χ4v) is 3.42. The van der Waals surface area contributed by atoms with Crippen molar-refractivity contribution in [3.8, 4) is 11.5 Å². The normalized spacial score (nSPS) is 12.5. The number of non-ortho nitro benzene ring substituents is 1.